The summed E-state index contributed by atoms with van der Waals surface area (Å²) in [6.45, 7) is 24.2. The van der Waals surface area contributed by atoms with Crippen molar-refractivity contribution in [2.45, 2.75) is 92.4 Å². The van der Waals surface area contributed by atoms with E-state index in [1.54, 1.807) is 0 Å². The first-order valence-corrected chi connectivity index (χ1v) is 27.0. The van der Waals surface area contributed by atoms with Crippen molar-refractivity contribution in [3.63, 3.8) is 0 Å². The quantitative estimate of drug-likeness (QED) is 0.154. The van der Waals surface area contributed by atoms with Gasteiger partial charge in [-0.15, -0.1) is 53.1 Å². The number of benzene rings is 8. The van der Waals surface area contributed by atoms with Gasteiger partial charge >= 0.3 is 0 Å². The number of aromatic hydroxyl groups is 1. The van der Waals surface area contributed by atoms with E-state index in [2.05, 4.69) is 236 Å². The molecular weight excluding hydrogens is 1140 g/mol. The maximum Gasteiger partial charge on any atom is 0.148 e. The molecule has 0 spiro atoms. The fourth-order valence-electron chi connectivity index (χ4n) is 10.4. The molecule has 397 valence electrons. The number of imidazole rings is 1. The molecule has 3 heterocycles. The molecule has 0 aliphatic carbocycles. The molecule has 0 aliphatic rings. The van der Waals surface area contributed by atoms with Crippen LogP contribution in [0.25, 0.3) is 95.1 Å². The fraction of sp³-hybridized carbons (Fsp3) is 0.192. The predicted molar refractivity (Wildman–Crippen MR) is 326 cm³/mol. The van der Waals surface area contributed by atoms with E-state index in [1.807, 2.05) is 73.1 Å². The Balaban J connectivity index is 0.000000201. The number of fused-ring (bicyclic) bond motifs is 1. The molecule has 0 saturated heterocycles. The average molecular weight is 1210 g/mol. The zero-order valence-electron chi connectivity index (χ0n) is 47.2. The number of para-hydroxylation sites is 1. The number of phenols is 1. The van der Waals surface area contributed by atoms with E-state index >= 15 is 0 Å². The van der Waals surface area contributed by atoms with Gasteiger partial charge in [0, 0.05) is 55.0 Å². The smallest absolute Gasteiger partial charge is 0.148 e. The fourth-order valence-corrected chi connectivity index (χ4v) is 10.4. The van der Waals surface area contributed by atoms with E-state index in [4.69, 9.17) is 4.98 Å². The van der Waals surface area contributed by atoms with Crippen LogP contribution in [-0.2, 0) is 36.4 Å². The summed E-state index contributed by atoms with van der Waals surface area (Å²) in [6.07, 6.45) is 3.66. The van der Waals surface area contributed by atoms with E-state index in [1.165, 1.54) is 38.9 Å². The van der Waals surface area contributed by atoms with Crippen LogP contribution in [-0.4, -0.2) is 24.6 Å². The third-order valence-electron chi connectivity index (χ3n) is 14.8. The molecule has 1 N–H and O–H groups in total. The standard InChI is InChI=1S/C43H45N2O.C30H23N2.Ir/c1-41(2,3)30-23-24-36(33(25-30)29-19-14-11-15-20-29)45-37-22-16-21-32(28-17-12-10-13-18-28)38(37)44-40(45)34-26-31(42(4,5)6)27-35(39(34)46)43(7,8)9;1-21-26(28-12-6-8-18-31-28)20-27(29-13-7-9-19-32-29)22(2)30(21)25-16-14-24(15-17-25)23-10-4-3-5-11-23;/h10-17,19-27,46H,1-9H3;3-19H,1-2H3;/q2*-1;. The van der Waals surface area contributed by atoms with Gasteiger partial charge in [-0.3, -0.25) is 14.5 Å². The number of rotatable bonds is 8. The summed E-state index contributed by atoms with van der Waals surface area (Å²) in [6, 6.07) is 74.4. The molecule has 11 rings (SSSR count). The van der Waals surface area contributed by atoms with Gasteiger partial charge in [-0.2, -0.15) is 0 Å². The van der Waals surface area contributed by atoms with Crippen molar-refractivity contribution in [3.8, 4) is 89.8 Å². The summed E-state index contributed by atoms with van der Waals surface area (Å²) in [5, 5.41) is 12.1. The predicted octanol–water partition coefficient (Wildman–Crippen LogP) is 19.0. The minimum Gasteiger partial charge on any atom is -0.507 e. The van der Waals surface area contributed by atoms with Gasteiger partial charge in [0.1, 0.15) is 11.6 Å². The second-order valence-corrected chi connectivity index (χ2v) is 23.4. The Bertz CT molecular complexity index is 3820. The number of pyridine rings is 2. The Kier molecular flexibility index (Phi) is 16.0. The van der Waals surface area contributed by atoms with Crippen LogP contribution in [0, 0.1) is 26.0 Å². The van der Waals surface area contributed by atoms with Gasteiger partial charge in [-0.1, -0.05) is 232 Å². The first-order chi connectivity index (χ1) is 37.4. The van der Waals surface area contributed by atoms with E-state index in [0.29, 0.717) is 5.82 Å². The second kappa shape index (κ2) is 22.8. The van der Waals surface area contributed by atoms with Crippen molar-refractivity contribution in [1.82, 2.24) is 19.5 Å². The van der Waals surface area contributed by atoms with Gasteiger partial charge in [-0.05, 0) is 86.0 Å². The number of phenolic OH excluding ortho intramolecular Hbond substituents is 1. The molecule has 11 aromatic rings. The minimum absolute atomic E-state index is 0. The van der Waals surface area contributed by atoms with Crippen LogP contribution in [0.5, 0.6) is 5.75 Å². The summed E-state index contributed by atoms with van der Waals surface area (Å²) in [7, 11) is 0. The molecule has 0 fully saturated rings. The molecule has 3 aromatic heterocycles. The van der Waals surface area contributed by atoms with Crippen molar-refractivity contribution >= 4 is 11.0 Å². The topological polar surface area (TPSA) is 63.8 Å². The molecule has 0 saturated carbocycles. The van der Waals surface area contributed by atoms with E-state index in [9.17, 15) is 5.11 Å². The van der Waals surface area contributed by atoms with Gasteiger partial charge in [0.2, 0.25) is 0 Å². The van der Waals surface area contributed by atoms with Crippen LogP contribution >= 0.6 is 0 Å². The normalized spacial score (nSPS) is 11.7. The Hall–Kier alpha value is -8.02. The van der Waals surface area contributed by atoms with Crippen molar-refractivity contribution in [2.75, 3.05) is 0 Å². The molecule has 79 heavy (non-hydrogen) atoms. The van der Waals surface area contributed by atoms with E-state index < -0.39 is 0 Å². The Labute approximate surface area is 481 Å². The maximum absolute atomic E-state index is 12.1. The zero-order valence-corrected chi connectivity index (χ0v) is 49.6. The van der Waals surface area contributed by atoms with Crippen LogP contribution in [0.4, 0.5) is 0 Å². The second-order valence-electron chi connectivity index (χ2n) is 23.4. The van der Waals surface area contributed by atoms with Crippen molar-refractivity contribution < 1.29 is 25.2 Å². The molecule has 1 radical (unpaired) electrons. The minimum atomic E-state index is -0.273. The SMILES string of the molecule is CC(C)(C)c1ccc(-n2c(-c3cc(C(C)(C)C)cc(C(C)(C)C)c3O)nc3c(-c4[c-]cccc4)cccc32)c(-c2ccccc2)c1.Cc1c(-c2ccccn2)[c-]c(-c2ccccn2)c(C)c1-c1ccc(-c2ccccc2)cc1.[Ir]. The summed E-state index contributed by atoms with van der Waals surface area (Å²) >= 11 is 0. The molecule has 8 aromatic carbocycles. The van der Waals surface area contributed by atoms with Crippen molar-refractivity contribution in [2.24, 2.45) is 0 Å². The van der Waals surface area contributed by atoms with Crippen LogP contribution in [0.1, 0.15) is 90.1 Å². The number of nitrogens with zero attached hydrogens (tertiary/aromatic N) is 4. The first kappa shape index (κ1) is 55.7. The molecule has 6 heteroatoms. The molecule has 0 atom stereocenters. The maximum atomic E-state index is 12.1. The van der Waals surface area contributed by atoms with E-state index in [0.717, 1.165) is 78.2 Å². The van der Waals surface area contributed by atoms with Gasteiger partial charge in [-0.25, -0.2) is 4.98 Å². The van der Waals surface area contributed by atoms with Gasteiger partial charge in [0.05, 0.1) is 22.3 Å². The van der Waals surface area contributed by atoms with Crippen LogP contribution in [0.3, 0.4) is 0 Å². The number of hydrogen-bond donors (Lipinski definition) is 1. The van der Waals surface area contributed by atoms with Gasteiger partial charge in [0.25, 0.3) is 0 Å². The number of aromatic nitrogens is 4. The monoisotopic (exact) mass is 1210 g/mol. The molecule has 0 amide bonds. The first-order valence-electron chi connectivity index (χ1n) is 27.0. The Morgan fingerprint density at radius 2 is 1.01 bits per heavy atom. The largest absolute Gasteiger partial charge is 0.507 e. The molecule has 0 unspecified atom stereocenters. The molecule has 0 aliphatic heterocycles. The summed E-state index contributed by atoms with van der Waals surface area (Å²) in [5.41, 5.74) is 21.8. The average Bonchev–Trinajstić information content (AvgIpc) is 4.08. The van der Waals surface area contributed by atoms with Gasteiger partial charge in [0.15, 0.2) is 0 Å². The van der Waals surface area contributed by atoms with Crippen LogP contribution < -0.4 is 0 Å². The summed E-state index contributed by atoms with van der Waals surface area (Å²) < 4.78 is 2.25. The number of hydrogen-bond acceptors (Lipinski definition) is 4. The van der Waals surface area contributed by atoms with E-state index in [-0.39, 0.29) is 42.1 Å². The third-order valence-corrected chi connectivity index (χ3v) is 14.8. The zero-order chi connectivity index (χ0) is 54.9. The van der Waals surface area contributed by atoms with Crippen LogP contribution in [0.15, 0.2) is 207 Å². The van der Waals surface area contributed by atoms with Gasteiger partial charge < -0.3 is 5.11 Å². The molecule has 0 bridgehead atoms. The summed E-state index contributed by atoms with van der Waals surface area (Å²) in [4.78, 5) is 14.7. The Morgan fingerprint density at radius 1 is 0.468 bits per heavy atom. The molecule has 5 nitrogen and oxygen atoms in total. The third kappa shape index (κ3) is 11.6. The Morgan fingerprint density at radius 3 is 1.56 bits per heavy atom. The summed E-state index contributed by atoms with van der Waals surface area (Å²) in [5.74, 6) is 0.991. The van der Waals surface area contributed by atoms with Crippen molar-refractivity contribution in [1.29, 1.82) is 0 Å². The van der Waals surface area contributed by atoms with Crippen molar-refractivity contribution in [3.05, 3.63) is 246 Å². The van der Waals surface area contributed by atoms with Crippen LogP contribution in [0.2, 0.25) is 0 Å². The molecular formula is C73H68IrN4O-2.